The Balaban J connectivity index is 1.91. The molecule has 2 aromatic rings. The molecule has 1 saturated carbocycles. The molecule has 0 spiro atoms. The van der Waals surface area contributed by atoms with Gasteiger partial charge in [0, 0.05) is 18.3 Å². The zero-order chi connectivity index (χ0) is 26.5. The summed E-state index contributed by atoms with van der Waals surface area (Å²) in [5.41, 5.74) is 2.03. The summed E-state index contributed by atoms with van der Waals surface area (Å²) in [6.07, 6.45) is 0.0883. The first-order chi connectivity index (χ1) is 17.0. The molecule has 1 aliphatic rings. The standard InChI is InChI=1S/C28H37N3O4S/c1-18-11-13-21(14-12-18)24(25(32)29-16-20-9-7-6-8-10-20)31(23-15-19(23)2)26(33)22(17-36)30-27(34)35-28(3,4)5/h6-14,19,22-24,36H,15-17H2,1-5H3,(H,29,32)(H,30,34). The molecule has 0 saturated heterocycles. The quantitative estimate of drug-likeness (QED) is 0.435. The van der Waals surface area contributed by atoms with E-state index >= 15 is 0 Å². The number of carbonyl (C=O) groups is 3. The first kappa shape index (κ1) is 27.6. The summed E-state index contributed by atoms with van der Waals surface area (Å²) in [7, 11) is 0. The van der Waals surface area contributed by atoms with Crippen molar-refractivity contribution in [1.29, 1.82) is 0 Å². The lowest BCUT2D eigenvalue weighted by Gasteiger charge is -2.34. The highest BCUT2D eigenvalue weighted by atomic mass is 32.1. The van der Waals surface area contributed by atoms with Gasteiger partial charge in [0.15, 0.2) is 0 Å². The zero-order valence-electron chi connectivity index (χ0n) is 21.7. The van der Waals surface area contributed by atoms with Crippen LogP contribution in [0.4, 0.5) is 4.79 Å². The number of ether oxygens (including phenoxy) is 1. The maximum absolute atomic E-state index is 13.9. The lowest BCUT2D eigenvalue weighted by molar-refractivity contribution is -0.143. The van der Waals surface area contributed by atoms with Gasteiger partial charge in [-0.1, -0.05) is 67.1 Å². The average Bonchev–Trinajstić information content (AvgIpc) is 3.55. The maximum Gasteiger partial charge on any atom is 0.408 e. The Hall–Kier alpha value is -3.00. The van der Waals surface area contributed by atoms with Gasteiger partial charge in [0.1, 0.15) is 17.7 Å². The molecule has 0 heterocycles. The molecule has 3 rings (SSSR count). The van der Waals surface area contributed by atoms with Crippen molar-refractivity contribution in [3.63, 3.8) is 0 Å². The SMILES string of the molecule is Cc1ccc(C(C(=O)NCc2ccccc2)N(C(=O)C(CS)NC(=O)OC(C)(C)C)C2CC2C)cc1. The Kier molecular flexibility index (Phi) is 9.06. The fraction of sp³-hybridized carbons (Fsp3) is 0.464. The van der Waals surface area contributed by atoms with Crippen LogP contribution in [-0.4, -0.2) is 46.2 Å². The molecule has 0 radical (unpaired) electrons. The summed E-state index contributed by atoms with van der Waals surface area (Å²) in [6.45, 7) is 9.64. The van der Waals surface area contributed by atoms with Crippen LogP contribution >= 0.6 is 12.6 Å². The van der Waals surface area contributed by atoms with E-state index in [2.05, 4.69) is 30.2 Å². The van der Waals surface area contributed by atoms with Crippen molar-refractivity contribution >= 4 is 30.5 Å². The van der Waals surface area contributed by atoms with E-state index in [4.69, 9.17) is 4.74 Å². The molecule has 7 nitrogen and oxygen atoms in total. The molecule has 4 unspecified atom stereocenters. The van der Waals surface area contributed by atoms with Gasteiger partial charge in [-0.25, -0.2) is 4.79 Å². The van der Waals surface area contributed by atoms with E-state index in [1.54, 1.807) is 25.7 Å². The topological polar surface area (TPSA) is 87.7 Å². The number of hydrogen-bond donors (Lipinski definition) is 3. The van der Waals surface area contributed by atoms with Crippen LogP contribution in [0.2, 0.25) is 0 Å². The third-order valence-electron chi connectivity index (χ3n) is 6.08. The number of rotatable bonds is 9. The van der Waals surface area contributed by atoms with E-state index in [1.807, 2.05) is 61.5 Å². The first-order valence-corrected chi connectivity index (χ1v) is 12.9. The summed E-state index contributed by atoms with van der Waals surface area (Å²) in [5, 5.41) is 5.66. The molecule has 36 heavy (non-hydrogen) atoms. The largest absolute Gasteiger partial charge is 0.444 e. The van der Waals surface area contributed by atoms with Crippen LogP contribution in [0, 0.1) is 12.8 Å². The number of hydrogen-bond acceptors (Lipinski definition) is 5. The van der Waals surface area contributed by atoms with Crippen molar-refractivity contribution in [2.45, 2.75) is 71.3 Å². The molecule has 1 fully saturated rings. The van der Waals surface area contributed by atoms with Crippen molar-refractivity contribution in [1.82, 2.24) is 15.5 Å². The van der Waals surface area contributed by atoms with Gasteiger partial charge in [-0.3, -0.25) is 9.59 Å². The summed E-state index contributed by atoms with van der Waals surface area (Å²) < 4.78 is 5.36. The highest BCUT2D eigenvalue weighted by Gasteiger charge is 2.48. The number of aryl methyl sites for hydroxylation is 1. The highest BCUT2D eigenvalue weighted by Crippen LogP contribution is 2.40. The van der Waals surface area contributed by atoms with E-state index in [9.17, 15) is 14.4 Å². The van der Waals surface area contributed by atoms with Crippen LogP contribution in [0.15, 0.2) is 54.6 Å². The molecular weight excluding hydrogens is 474 g/mol. The van der Waals surface area contributed by atoms with Crippen molar-refractivity contribution in [2.24, 2.45) is 5.92 Å². The molecule has 0 aliphatic heterocycles. The van der Waals surface area contributed by atoms with Gasteiger partial charge in [-0.2, -0.15) is 12.6 Å². The monoisotopic (exact) mass is 511 g/mol. The Morgan fingerprint density at radius 2 is 1.69 bits per heavy atom. The van der Waals surface area contributed by atoms with Crippen molar-refractivity contribution < 1.29 is 19.1 Å². The van der Waals surface area contributed by atoms with Crippen LogP contribution in [0.5, 0.6) is 0 Å². The van der Waals surface area contributed by atoms with Gasteiger partial charge in [0.2, 0.25) is 11.8 Å². The molecule has 8 heteroatoms. The summed E-state index contributed by atoms with van der Waals surface area (Å²) >= 11 is 4.34. The van der Waals surface area contributed by atoms with E-state index < -0.39 is 23.8 Å². The highest BCUT2D eigenvalue weighted by molar-refractivity contribution is 7.80. The molecular formula is C28H37N3O4S. The minimum Gasteiger partial charge on any atom is -0.444 e. The fourth-order valence-corrected chi connectivity index (χ4v) is 4.30. The molecule has 2 aromatic carbocycles. The maximum atomic E-state index is 13.9. The second-order valence-electron chi connectivity index (χ2n) is 10.4. The molecule has 194 valence electrons. The van der Waals surface area contributed by atoms with Crippen LogP contribution in [0.25, 0.3) is 0 Å². The number of thiol groups is 1. The number of alkyl carbamates (subject to hydrolysis) is 1. The number of nitrogens with zero attached hydrogens (tertiary/aromatic N) is 1. The van der Waals surface area contributed by atoms with E-state index in [1.165, 1.54) is 0 Å². The van der Waals surface area contributed by atoms with Gasteiger partial charge in [0.25, 0.3) is 0 Å². The minimum atomic E-state index is -0.939. The van der Waals surface area contributed by atoms with Gasteiger partial charge in [-0.05, 0) is 51.2 Å². The third kappa shape index (κ3) is 7.50. The molecule has 0 aromatic heterocycles. The lowest BCUT2D eigenvalue weighted by atomic mass is 10.0. The van der Waals surface area contributed by atoms with Gasteiger partial charge >= 0.3 is 6.09 Å². The lowest BCUT2D eigenvalue weighted by Crippen LogP contribution is -2.54. The average molecular weight is 512 g/mol. The summed E-state index contributed by atoms with van der Waals surface area (Å²) in [6, 6.07) is 15.4. The number of amides is 3. The molecule has 0 bridgehead atoms. The Labute approximate surface area is 219 Å². The number of carbonyl (C=O) groups excluding carboxylic acids is 3. The van der Waals surface area contributed by atoms with Crippen LogP contribution < -0.4 is 10.6 Å². The van der Waals surface area contributed by atoms with E-state index in [0.717, 1.165) is 17.5 Å². The second-order valence-corrected chi connectivity index (χ2v) is 10.8. The predicted octanol–water partition coefficient (Wildman–Crippen LogP) is 4.41. The number of nitrogens with one attached hydrogen (secondary N) is 2. The summed E-state index contributed by atoms with van der Waals surface area (Å²) in [4.78, 5) is 41.7. The molecule has 3 amide bonds. The van der Waals surface area contributed by atoms with Crippen LogP contribution in [0.3, 0.4) is 0 Å². The molecule has 4 atom stereocenters. The van der Waals surface area contributed by atoms with Crippen molar-refractivity contribution in [3.8, 4) is 0 Å². The van der Waals surface area contributed by atoms with Crippen LogP contribution in [0.1, 0.15) is 56.8 Å². The smallest absolute Gasteiger partial charge is 0.408 e. The molecule has 1 aliphatic carbocycles. The first-order valence-electron chi connectivity index (χ1n) is 12.3. The van der Waals surface area contributed by atoms with Crippen molar-refractivity contribution in [2.75, 3.05) is 5.75 Å². The third-order valence-corrected chi connectivity index (χ3v) is 6.44. The van der Waals surface area contributed by atoms with Crippen molar-refractivity contribution in [3.05, 3.63) is 71.3 Å². The summed E-state index contributed by atoms with van der Waals surface area (Å²) in [5.74, 6) is -0.316. The zero-order valence-corrected chi connectivity index (χ0v) is 22.5. The van der Waals surface area contributed by atoms with Gasteiger partial charge in [-0.15, -0.1) is 0 Å². The van der Waals surface area contributed by atoms with Gasteiger partial charge in [0.05, 0.1) is 0 Å². The Morgan fingerprint density at radius 3 is 2.22 bits per heavy atom. The Morgan fingerprint density at radius 1 is 1.08 bits per heavy atom. The van der Waals surface area contributed by atoms with Gasteiger partial charge < -0.3 is 20.3 Å². The van der Waals surface area contributed by atoms with E-state index in [-0.39, 0.29) is 29.5 Å². The minimum absolute atomic E-state index is 0.0714. The number of benzene rings is 2. The fourth-order valence-electron chi connectivity index (χ4n) is 4.06. The molecule has 2 N–H and O–H groups in total. The van der Waals surface area contributed by atoms with E-state index in [0.29, 0.717) is 12.1 Å². The predicted molar refractivity (Wildman–Crippen MR) is 144 cm³/mol. The second kappa shape index (κ2) is 11.8. The Bertz CT molecular complexity index is 1050. The normalized spacial score (nSPS) is 18.5. The van der Waals surface area contributed by atoms with Crippen LogP contribution in [-0.2, 0) is 20.9 Å².